The second-order valence-corrected chi connectivity index (χ2v) is 3.07. The van der Waals surface area contributed by atoms with Crippen molar-refractivity contribution in [2.75, 3.05) is 6.54 Å². The number of hydrogen-bond donors (Lipinski definition) is 1. The Morgan fingerprint density at radius 3 is 2.80 bits per heavy atom. The Kier molecular flexibility index (Phi) is 2.70. The van der Waals surface area contributed by atoms with Gasteiger partial charge in [-0.15, -0.1) is 0 Å². The highest BCUT2D eigenvalue weighted by Gasteiger charge is 2.16. The van der Waals surface area contributed by atoms with Crippen LogP contribution in [0.5, 0.6) is 0 Å². The van der Waals surface area contributed by atoms with Crippen LogP contribution in [-0.4, -0.2) is 12.6 Å². The minimum absolute atomic E-state index is 0.167. The summed E-state index contributed by atoms with van der Waals surface area (Å²) in [4.78, 5) is 0. The van der Waals surface area contributed by atoms with Crippen LogP contribution in [0, 0.1) is 17.2 Å². The molecule has 0 amide bonds. The summed E-state index contributed by atoms with van der Waals surface area (Å²) in [5.74, 6) is 0.167. The Morgan fingerprint density at radius 2 is 2.40 bits per heavy atom. The van der Waals surface area contributed by atoms with Gasteiger partial charge in [-0.3, -0.25) is 0 Å². The third-order valence-electron chi connectivity index (χ3n) is 2.04. The largest absolute Gasteiger partial charge is 0.313 e. The SMILES string of the molecule is CC(C#N)CNC1CCC1. The molecule has 0 radical (unpaired) electrons. The first-order chi connectivity index (χ1) is 4.83. The maximum atomic E-state index is 8.45. The van der Waals surface area contributed by atoms with Crippen molar-refractivity contribution in [1.29, 1.82) is 5.26 Å². The van der Waals surface area contributed by atoms with Crippen LogP contribution in [0.4, 0.5) is 0 Å². The molecule has 1 fully saturated rings. The summed E-state index contributed by atoms with van der Waals surface area (Å²) in [6, 6.07) is 2.92. The Morgan fingerprint density at radius 1 is 1.70 bits per heavy atom. The molecule has 0 saturated heterocycles. The van der Waals surface area contributed by atoms with E-state index in [1.54, 1.807) is 0 Å². The van der Waals surface area contributed by atoms with Crippen molar-refractivity contribution in [3.05, 3.63) is 0 Å². The zero-order valence-electron chi connectivity index (χ0n) is 6.43. The number of hydrogen-bond acceptors (Lipinski definition) is 2. The van der Waals surface area contributed by atoms with E-state index in [1.807, 2.05) is 6.92 Å². The molecule has 1 aliphatic carbocycles. The summed E-state index contributed by atoms with van der Waals surface area (Å²) in [5, 5.41) is 11.8. The van der Waals surface area contributed by atoms with Crippen LogP contribution >= 0.6 is 0 Å². The Labute approximate surface area is 62.2 Å². The maximum absolute atomic E-state index is 8.45. The number of nitrogens with zero attached hydrogens (tertiary/aromatic N) is 1. The molecule has 2 heteroatoms. The molecule has 0 aromatic carbocycles. The van der Waals surface area contributed by atoms with Crippen LogP contribution in [-0.2, 0) is 0 Å². The van der Waals surface area contributed by atoms with Crippen molar-refractivity contribution in [2.24, 2.45) is 5.92 Å². The van der Waals surface area contributed by atoms with E-state index in [0.29, 0.717) is 0 Å². The summed E-state index contributed by atoms with van der Waals surface area (Å²) in [6.07, 6.45) is 3.97. The maximum Gasteiger partial charge on any atom is 0.0666 e. The zero-order chi connectivity index (χ0) is 7.40. The molecule has 1 N–H and O–H groups in total. The first-order valence-corrected chi connectivity index (χ1v) is 3.96. The topological polar surface area (TPSA) is 35.8 Å². The minimum Gasteiger partial charge on any atom is -0.313 e. The standard InChI is InChI=1S/C8H14N2/c1-7(5-9)6-10-8-3-2-4-8/h7-8,10H,2-4,6H2,1H3. The summed E-state index contributed by atoms with van der Waals surface area (Å²) < 4.78 is 0. The van der Waals surface area contributed by atoms with Crippen molar-refractivity contribution in [1.82, 2.24) is 5.32 Å². The van der Waals surface area contributed by atoms with Crippen LogP contribution in [0.2, 0.25) is 0 Å². The summed E-state index contributed by atoms with van der Waals surface area (Å²) in [5.41, 5.74) is 0. The zero-order valence-corrected chi connectivity index (χ0v) is 6.43. The lowest BCUT2D eigenvalue weighted by Gasteiger charge is -2.26. The quantitative estimate of drug-likeness (QED) is 0.637. The van der Waals surface area contributed by atoms with Crippen LogP contribution in [0.15, 0.2) is 0 Å². The lowest BCUT2D eigenvalue weighted by molar-refractivity contribution is 0.332. The first kappa shape index (κ1) is 7.56. The number of nitrogens with one attached hydrogen (secondary N) is 1. The molecule has 1 aliphatic rings. The van der Waals surface area contributed by atoms with Gasteiger partial charge in [0.1, 0.15) is 0 Å². The molecule has 0 aliphatic heterocycles. The predicted molar refractivity (Wildman–Crippen MR) is 40.4 cm³/mol. The van der Waals surface area contributed by atoms with Gasteiger partial charge in [-0.25, -0.2) is 0 Å². The average molecular weight is 138 g/mol. The van der Waals surface area contributed by atoms with E-state index in [-0.39, 0.29) is 5.92 Å². The molecule has 1 atom stereocenters. The molecule has 0 aromatic rings. The van der Waals surface area contributed by atoms with Crippen LogP contribution < -0.4 is 5.32 Å². The fourth-order valence-corrected chi connectivity index (χ4v) is 1.00. The van der Waals surface area contributed by atoms with E-state index in [1.165, 1.54) is 19.3 Å². The first-order valence-electron chi connectivity index (χ1n) is 3.96. The van der Waals surface area contributed by atoms with Gasteiger partial charge in [0.25, 0.3) is 0 Å². The summed E-state index contributed by atoms with van der Waals surface area (Å²) >= 11 is 0. The Hall–Kier alpha value is -0.550. The van der Waals surface area contributed by atoms with Crippen LogP contribution in [0.25, 0.3) is 0 Å². The minimum atomic E-state index is 0.167. The smallest absolute Gasteiger partial charge is 0.0666 e. The van der Waals surface area contributed by atoms with E-state index in [4.69, 9.17) is 5.26 Å². The fourth-order valence-electron chi connectivity index (χ4n) is 1.00. The highest BCUT2D eigenvalue weighted by Crippen LogP contribution is 2.17. The number of nitriles is 1. The van der Waals surface area contributed by atoms with E-state index < -0.39 is 0 Å². The average Bonchev–Trinajstić information content (AvgIpc) is 1.84. The predicted octanol–water partition coefficient (Wildman–Crippen LogP) is 1.29. The van der Waals surface area contributed by atoms with E-state index >= 15 is 0 Å². The summed E-state index contributed by atoms with van der Waals surface area (Å²) in [6.45, 7) is 2.81. The van der Waals surface area contributed by atoms with Gasteiger partial charge in [0.15, 0.2) is 0 Å². The molecule has 1 unspecified atom stereocenters. The number of rotatable bonds is 3. The normalized spacial score (nSPS) is 21.2. The van der Waals surface area contributed by atoms with Crippen molar-refractivity contribution >= 4 is 0 Å². The van der Waals surface area contributed by atoms with Crippen molar-refractivity contribution in [3.8, 4) is 6.07 Å². The van der Waals surface area contributed by atoms with E-state index in [9.17, 15) is 0 Å². The van der Waals surface area contributed by atoms with Gasteiger partial charge in [0, 0.05) is 12.6 Å². The Bertz CT molecular complexity index is 133. The molecular weight excluding hydrogens is 124 g/mol. The monoisotopic (exact) mass is 138 g/mol. The van der Waals surface area contributed by atoms with Crippen molar-refractivity contribution in [2.45, 2.75) is 32.2 Å². The van der Waals surface area contributed by atoms with E-state index in [2.05, 4.69) is 11.4 Å². The van der Waals surface area contributed by atoms with Gasteiger partial charge >= 0.3 is 0 Å². The highest BCUT2D eigenvalue weighted by atomic mass is 14.9. The molecule has 0 bridgehead atoms. The molecule has 0 spiro atoms. The Balaban J connectivity index is 1.99. The molecule has 56 valence electrons. The molecule has 0 heterocycles. The third kappa shape index (κ3) is 2.00. The second-order valence-electron chi connectivity index (χ2n) is 3.07. The van der Waals surface area contributed by atoms with Gasteiger partial charge in [0.2, 0.25) is 0 Å². The third-order valence-corrected chi connectivity index (χ3v) is 2.04. The van der Waals surface area contributed by atoms with Crippen LogP contribution in [0.1, 0.15) is 26.2 Å². The fraction of sp³-hybridized carbons (Fsp3) is 0.875. The van der Waals surface area contributed by atoms with E-state index in [0.717, 1.165) is 12.6 Å². The summed E-state index contributed by atoms with van der Waals surface area (Å²) in [7, 11) is 0. The molecule has 1 rings (SSSR count). The molecule has 0 aromatic heterocycles. The van der Waals surface area contributed by atoms with Crippen molar-refractivity contribution < 1.29 is 0 Å². The van der Waals surface area contributed by atoms with Gasteiger partial charge in [-0.1, -0.05) is 6.42 Å². The van der Waals surface area contributed by atoms with Gasteiger partial charge < -0.3 is 5.32 Å². The van der Waals surface area contributed by atoms with Gasteiger partial charge in [-0.05, 0) is 19.8 Å². The van der Waals surface area contributed by atoms with Gasteiger partial charge in [-0.2, -0.15) is 5.26 Å². The molecular formula is C8H14N2. The molecule has 10 heavy (non-hydrogen) atoms. The second kappa shape index (κ2) is 3.58. The molecule has 1 saturated carbocycles. The highest BCUT2D eigenvalue weighted by molar-refractivity contribution is 4.83. The molecule has 2 nitrogen and oxygen atoms in total. The lowest BCUT2D eigenvalue weighted by Crippen LogP contribution is -2.37. The van der Waals surface area contributed by atoms with Crippen LogP contribution in [0.3, 0.4) is 0 Å². The van der Waals surface area contributed by atoms with Gasteiger partial charge in [0.05, 0.1) is 12.0 Å². The lowest BCUT2D eigenvalue weighted by atomic mass is 9.93. The van der Waals surface area contributed by atoms with Crippen molar-refractivity contribution in [3.63, 3.8) is 0 Å².